The molecule has 0 heterocycles. The van der Waals surface area contributed by atoms with E-state index in [-0.39, 0.29) is 21.9 Å². The van der Waals surface area contributed by atoms with Gasteiger partial charge in [-0.3, -0.25) is 0 Å². The van der Waals surface area contributed by atoms with Gasteiger partial charge in [0.1, 0.15) is 12.9 Å². The lowest BCUT2D eigenvalue weighted by molar-refractivity contribution is 0.0697. The summed E-state index contributed by atoms with van der Waals surface area (Å²) in [6.07, 6.45) is 0.166. The standard InChI is InChI=1S/C16H16Cl2NO4P/c1-23-11-4-3-5-12(8-11)24(2,22)9-19-10-6-13(17)15(16(20)21)14(18)7-10/h3-8,19H,9H2,1-2H3,(H,20,21). The van der Waals surface area contributed by atoms with Crippen LogP contribution in [0.1, 0.15) is 10.4 Å². The van der Waals surface area contributed by atoms with Gasteiger partial charge in [-0.2, -0.15) is 0 Å². The second kappa shape index (κ2) is 7.47. The summed E-state index contributed by atoms with van der Waals surface area (Å²) in [5.74, 6) is -0.569. The summed E-state index contributed by atoms with van der Waals surface area (Å²) in [5.41, 5.74) is 0.344. The summed E-state index contributed by atoms with van der Waals surface area (Å²) in [5, 5.41) is 12.8. The zero-order chi connectivity index (χ0) is 17.9. The normalized spacial score (nSPS) is 13.2. The lowest BCUT2D eigenvalue weighted by Gasteiger charge is -2.17. The first kappa shape index (κ1) is 18.7. The van der Waals surface area contributed by atoms with E-state index in [4.69, 9.17) is 33.0 Å². The Balaban J connectivity index is 2.20. The molecule has 0 aliphatic carbocycles. The van der Waals surface area contributed by atoms with E-state index < -0.39 is 13.1 Å². The van der Waals surface area contributed by atoms with Crippen LogP contribution in [0, 0.1) is 0 Å². The second-order valence-electron chi connectivity index (χ2n) is 5.26. The first-order chi connectivity index (χ1) is 11.2. The molecule has 8 heteroatoms. The van der Waals surface area contributed by atoms with E-state index >= 15 is 0 Å². The van der Waals surface area contributed by atoms with Crippen LogP contribution in [0.2, 0.25) is 10.0 Å². The summed E-state index contributed by atoms with van der Waals surface area (Å²) in [7, 11) is -1.16. The quantitative estimate of drug-likeness (QED) is 0.718. The average molecular weight is 388 g/mol. The minimum atomic E-state index is -2.71. The first-order valence-corrected chi connectivity index (χ1v) is 10.0. The van der Waals surface area contributed by atoms with Gasteiger partial charge in [0, 0.05) is 11.0 Å². The van der Waals surface area contributed by atoms with Gasteiger partial charge in [-0.05, 0) is 30.9 Å². The molecule has 0 radical (unpaired) electrons. The number of nitrogens with one attached hydrogen (secondary N) is 1. The third-order valence-electron chi connectivity index (χ3n) is 3.44. The van der Waals surface area contributed by atoms with Gasteiger partial charge < -0.3 is 19.7 Å². The van der Waals surface area contributed by atoms with Crippen molar-refractivity contribution in [2.24, 2.45) is 0 Å². The minimum Gasteiger partial charge on any atom is -0.497 e. The van der Waals surface area contributed by atoms with Gasteiger partial charge in [0.15, 0.2) is 0 Å². The highest BCUT2D eigenvalue weighted by atomic mass is 35.5. The van der Waals surface area contributed by atoms with Crippen LogP contribution in [-0.4, -0.2) is 31.1 Å². The maximum Gasteiger partial charge on any atom is 0.338 e. The van der Waals surface area contributed by atoms with E-state index in [0.717, 1.165) is 0 Å². The molecule has 2 aromatic carbocycles. The van der Waals surface area contributed by atoms with E-state index in [0.29, 0.717) is 16.7 Å². The monoisotopic (exact) mass is 387 g/mol. The number of ether oxygens (including phenoxy) is 1. The molecule has 1 unspecified atom stereocenters. The molecule has 0 saturated heterocycles. The Morgan fingerprint density at radius 3 is 2.42 bits per heavy atom. The average Bonchev–Trinajstić information content (AvgIpc) is 2.52. The van der Waals surface area contributed by atoms with Crippen LogP contribution < -0.4 is 15.4 Å². The highest BCUT2D eigenvalue weighted by Crippen LogP contribution is 2.41. The van der Waals surface area contributed by atoms with Gasteiger partial charge >= 0.3 is 5.97 Å². The Kier molecular flexibility index (Phi) is 5.81. The molecule has 0 aliphatic heterocycles. The van der Waals surface area contributed by atoms with Gasteiger partial charge in [-0.15, -0.1) is 0 Å². The fourth-order valence-corrected chi connectivity index (χ4v) is 4.23. The van der Waals surface area contributed by atoms with Crippen LogP contribution in [-0.2, 0) is 4.57 Å². The second-order valence-corrected chi connectivity index (χ2v) is 9.11. The predicted octanol–water partition coefficient (Wildman–Crippen LogP) is 4.39. The van der Waals surface area contributed by atoms with Crippen LogP contribution in [0.15, 0.2) is 36.4 Å². The Morgan fingerprint density at radius 2 is 1.88 bits per heavy atom. The van der Waals surface area contributed by atoms with Crippen molar-refractivity contribution in [1.29, 1.82) is 0 Å². The first-order valence-electron chi connectivity index (χ1n) is 6.92. The SMILES string of the molecule is COc1cccc(P(C)(=O)CNc2cc(Cl)c(C(=O)O)c(Cl)c2)c1. The highest BCUT2D eigenvalue weighted by Gasteiger charge is 2.20. The topological polar surface area (TPSA) is 75.6 Å². The third kappa shape index (κ3) is 4.23. The zero-order valence-electron chi connectivity index (χ0n) is 13.0. The van der Waals surface area contributed by atoms with Crippen molar-refractivity contribution in [3.05, 3.63) is 52.0 Å². The smallest absolute Gasteiger partial charge is 0.338 e. The summed E-state index contributed by atoms with van der Waals surface area (Å²) < 4.78 is 18.1. The molecule has 0 aromatic heterocycles. The number of methoxy groups -OCH3 is 1. The van der Waals surface area contributed by atoms with Crippen LogP contribution in [0.5, 0.6) is 5.75 Å². The predicted molar refractivity (Wildman–Crippen MR) is 98.1 cm³/mol. The number of carbonyl (C=O) groups is 1. The Morgan fingerprint density at radius 1 is 1.25 bits per heavy atom. The Bertz CT molecular complexity index is 802. The number of carboxylic acid groups (broad SMARTS) is 1. The zero-order valence-corrected chi connectivity index (χ0v) is 15.5. The fraction of sp³-hybridized carbons (Fsp3) is 0.188. The van der Waals surface area contributed by atoms with Crippen molar-refractivity contribution in [2.45, 2.75) is 0 Å². The molecule has 1 atom stereocenters. The molecule has 0 bridgehead atoms. The number of halogens is 2. The fourth-order valence-electron chi connectivity index (χ4n) is 2.12. The minimum absolute atomic E-state index is 0.0183. The van der Waals surface area contributed by atoms with Gasteiger partial charge in [0.25, 0.3) is 0 Å². The van der Waals surface area contributed by atoms with Crippen molar-refractivity contribution in [3.8, 4) is 5.75 Å². The van der Waals surface area contributed by atoms with Crippen LogP contribution in [0.25, 0.3) is 0 Å². The number of carboxylic acids is 1. The Hall–Kier alpha value is -1.68. The van der Waals surface area contributed by atoms with E-state index in [1.54, 1.807) is 38.0 Å². The largest absolute Gasteiger partial charge is 0.497 e. The summed E-state index contributed by atoms with van der Waals surface area (Å²) >= 11 is 11.9. The summed E-state index contributed by atoms with van der Waals surface area (Å²) in [6.45, 7) is 1.66. The number of benzene rings is 2. The molecular weight excluding hydrogens is 372 g/mol. The summed E-state index contributed by atoms with van der Waals surface area (Å²) in [6, 6.07) is 9.96. The number of hydrogen-bond donors (Lipinski definition) is 2. The van der Waals surface area contributed by atoms with Crippen LogP contribution >= 0.6 is 30.3 Å². The number of aromatic carboxylic acids is 1. The number of anilines is 1. The molecule has 2 N–H and O–H groups in total. The summed E-state index contributed by atoms with van der Waals surface area (Å²) in [4.78, 5) is 11.1. The van der Waals surface area contributed by atoms with E-state index in [1.807, 2.05) is 0 Å². The van der Waals surface area contributed by atoms with Crippen molar-refractivity contribution < 1.29 is 19.2 Å². The third-order valence-corrected chi connectivity index (χ3v) is 6.17. The molecule has 0 saturated carbocycles. The van der Waals surface area contributed by atoms with E-state index in [9.17, 15) is 9.36 Å². The van der Waals surface area contributed by atoms with Crippen LogP contribution in [0.3, 0.4) is 0 Å². The number of rotatable bonds is 6. The van der Waals surface area contributed by atoms with Gasteiger partial charge in [0.2, 0.25) is 0 Å². The van der Waals surface area contributed by atoms with Crippen molar-refractivity contribution in [2.75, 3.05) is 25.4 Å². The van der Waals surface area contributed by atoms with Gasteiger partial charge in [-0.25, -0.2) is 4.79 Å². The molecule has 0 fully saturated rings. The maximum atomic E-state index is 12.9. The molecule has 2 rings (SSSR count). The molecule has 5 nitrogen and oxygen atoms in total. The highest BCUT2D eigenvalue weighted by molar-refractivity contribution is 7.71. The molecule has 2 aromatic rings. The lowest BCUT2D eigenvalue weighted by atomic mass is 10.2. The van der Waals surface area contributed by atoms with Gasteiger partial charge in [0.05, 0.1) is 29.0 Å². The van der Waals surface area contributed by atoms with Gasteiger partial charge in [-0.1, -0.05) is 35.3 Å². The molecular formula is C16H16Cl2NO4P. The molecule has 128 valence electrons. The molecule has 0 amide bonds. The van der Waals surface area contributed by atoms with E-state index in [2.05, 4.69) is 5.32 Å². The van der Waals surface area contributed by atoms with Crippen molar-refractivity contribution in [1.82, 2.24) is 0 Å². The molecule has 0 aliphatic rings. The number of hydrogen-bond acceptors (Lipinski definition) is 4. The molecule has 24 heavy (non-hydrogen) atoms. The van der Waals surface area contributed by atoms with Crippen LogP contribution in [0.4, 0.5) is 5.69 Å². The maximum absolute atomic E-state index is 12.9. The molecule has 0 spiro atoms. The van der Waals surface area contributed by atoms with Crippen molar-refractivity contribution in [3.63, 3.8) is 0 Å². The Labute approximate surface area is 149 Å². The lowest BCUT2D eigenvalue weighted by Crippen LogP contribution is -2.12. The van der Waals surface area contributed by atoms with E-state index in [1.165, 1.54) is 12.1 Å². The van der Waals surface area contributed by atoms with Crippen molar-refractivity contribution >= 4 is 47.3 Å².